The van der Waals surface area contributed by atoms with E-state index in [9.17, 15) is 23.1 Å². The molecule has 0 spiro atoms. The van der Waals surface area contributed by atoms with Crippen LogP contribution in [-0.4, -0.2) is 55.2 Å². The summed E-state index contributed by atoms with van der Waals surface area (Å²) in [6.45, 7) is 5.32. The molecule has 180 valence electrons. The maximum absolute atomic E-state index is 13.0. The molecule has 34 heavy (non-hydrogen) atoms. The van der Waals surface area contributed by atoms with Gasteiger partial charge in [-0.15, -0.1) is 5.10 Å². The summed E-state index contributed by atoms with van der Waals surface area (Å²) in [6, 6.07) is 2.97. The molecule has 4 aliphatic rings. The standard InChI is InChI=1S/C22H23F3N6O3/c1-12-7-14(29-6-4-20(2,11-29)31-5-3-15(27-31)22(23,24)25)9-30-17(12)26-19(28-30)21-8-13(10-34-21)16(21)18(32)33/h3,5,7,9,13,16H,4,6,8,10-11H2,1-2H3,(H,32,33)/t13?,16?,20-,21?/m1/s1. The van der Waals surface area contributed by atoms with Crippen molar-refractivity contribution in [2.45, 2.75) is 44.0 Å². The van der Waals surface area contributed by atoms with Crippen LogP contribution in [0.5, 0.6) is 0 Å². The molecule has 3 aromatic rings. The van der Waals surface area contributed by atoms with Crippen LogP contribution in [0.3, 0.4) is 0 Å². The minimum absolute atomic E-state index is 0.0109. The maximum atomic E-state index is 13.0. The summed E-state index contributed by atoms with van der Waals surface area (Å²) in [6.07, 6.45) is -0.0384. The van der Waals surface area contributed by atoms with Gasteiger partial charge in [0.2, 0.25) is 0 Å². The van der Waals surface area contributed by atoms with Gasteiger partial charge in [0.1, 0.15) is 5.60 Å². The highest BCUT2D eigenvalue weighted by Gasteiger charge is 2.67. The second kappa shape index (κ2) is 6.71. The first-order chi connectivity index (χ1) is 16.0. The van der Waals surface area contributed by atoms with Crippen LogP contribution in [0.15, 0.2) is 24.5 Å². The van der Waals surface area contributed by atoms with Crippen molar-refractivity contribution in [3.63, 3.8) is 0 Å². The van der Waals surface area contributed by atoms with Crippen LogP contribution >= 0.6 is 0 Å². The number of pyridine rings is 1. The van der Waals surface area contributed by atoms with Crippen molar-refractivity contribution < 1.29 is 27.8 Å². The Hall–Kier alpha value is -3.15. The van der Waals surface area contributed by atoms with Gasteiger partial charge < -0.3 is 14.7 Å². The molecule has 3 unspecified atom stereocenters. The van der Waals surface area contributed by atoms with E-state index in [0.29, 0.717) is 44.0 Å². The molecule has 7 rings (SSSR count). The molecule has 1 N–H and O–H groups in total. The van der Waals surface area contributed by atoms with E-state index < -0.39 is 34.9 Å². The molecule has 2 bridgehead atoms. The SMILES string of the molecule is Cc1cc(N2CC[C@@](C)(n3ccc(C(F)(F)F)n3)C2)cn2nc(C34CC(CO3)C4C(=O)O)nc12. The van der Waals surface area contributed by atoms with Gasteiger partial charge in [0.05, 0.1) is 29.9 Å². The molecule has 4 atom stereocenters. The van der Waals surface area contributed by atoms with E-state index >= 15 is 0 Å². The van der Waals surface area contributed by atoms with Gasteiger partial charge in [-0.3, -0.25) is 9.48 Å². The van der Waals surface area contributed by atoms with Crippen molar-refractivity contribution in [1.82, 2.24) is 24.4 Å². The maximum Gasteiger partial charge on any atom is 0.435 e. The van der Waals surface area contributed by atoms with E-state index in [-0.39, 0.29) is 5.92 Å². The van der Waals surface area contributed by atoms with Crippen molar-refractivity contribution in [1.29, 1.82) is 0 Å². The van der Waals surface area contributed by atoms with Crippen LogP contribution in [0.2, 0.25) is 0 Å². The number of aliphatic carboxylic acids is 1. The summed E-state index contributed by atoms with van der Waals surface area (Å²) < 4.78 is 48.0. The zero-order valence-electron chi connectivity index (χ0n) is 18.6. The van der Waals surface area contributed by atoms with Gasteiger partial charge in [-0.1, -0.05) is 0 Å². The molecule has 0 amide bonds. The van der Waals surface area contributed by atoms with Crippen molar-refractivity contribution in [2.75, 3.05) is 24.6 Å². The third-order valence-corrected chi connectivity index (χ3v) is 7.59. The fourth-order valence-electron chi connectivity index (χ4n) is 5.72. The van der Waals surface area contributed by atoms with Gasteiger partial charge in [0.15, 0.2) is 17.2 Å². The predicted octanol–water partition coefficient (Wildman–Crippen LogP) is 2.82. The Labute approximate surface area is 192 Å². The second-order valence-corrected chi connectivity index (χ2v) is 9.88. The first-order valence-electron chi connectivity index (χ1n) is 11.1. The van der Waals surface area contributed by atoms with Gasteiger partial charge >= 0.3 is 12.1 Å². The third-order valence-electron chi connectivity index (χ3n) is 7.59. The van der Waals surface area contributed by atoms with Crippen molar-refractivity contribution in [2.24, 2.45) is 11.8 Å². The highest BCUT2D eigenvalue weighted by molar-refractivity contribution is 5.74. The number of carboxylic acids is 1. The lowest BCUT2D eigenvalue weighted by molar-refractivity contribution is -0.160. The number of aromatic nitrogens is 5. The monoisotopic (exact) mass is 476 g/mol. The summed E-state index contributed by atoms with van der Waals surface area (Å²) >= 11 is 0. The number of hydrogen-bond donors (Lipinski definition) is 1. The van der Waals surface area contributed by atoms with Crippen molar-refractivity contribution in [3.05, 3.63) is 41.6 Å². The summed E-state index contributed by atoms with van der Waals surface area (Å²) in [7, 11) is 0. The molecule has 3 aliphatic heterocycles. The van der Waals surface area contributed by atoms with Crippen LogP contribution in [-0.2, 0) is 26.8 Å². The lowest BCUT2D eigenvalue weighted by Gasteiger charge is -2.39. The number of alkyl halides is 3. The molecule has 0 radical (unpaired) electrons. The van der Waals surface area contributed by atoms with Crippen LogP contribution in [0.4, 0.5) is 18.9 Å². The number of hydrogen-bond acceptors (Lipinski definition) is 6. The zero-order chi connectivity index (χ0) is 24.0. The number of fused-ring (bicyclic) bond motifs is 2. The van der Waals surface area contributed by atoms with E-state index in [0.717, 1.165) is 17.3 Å². The topological polar surface area (TPSA) is 97.8 Å². The Kier molecular flexibility index (Phi) is 4.22. The fraction of sp³-hybridized carbons (Fsp3) is 0.545. The first-order valence-corrected chi connectivity index (χ1v) is 11.1. The molecule has 3 aromatic heterocycles. The van der Waals surface area contributed by atoms with Gasteiger partial charge in [-0.05, 0) is 44.4 Å². The highest BCUT2D eigenvalue weighted by Crippen LogP contribution is 2.59. The Balaban J connectivity index is 1.29. The number of nitrogens with zero attached hydrogens (tertiary/aromatic N) is 6. The van der Waals surface area contributed by atoms with Crippen LogP contribution in [0.25, 0.3) is 5.65 Å². The fourth-order valence-corrected chi connectivity index (χ4v) is 5.72. The van der Waals surface area contributed by atoms with Crippen molar-refractivity contribution in [3.8, 4) is 0 Å². The Bertz CT molecular complexity index is 1310. The lowest BCUT2D eigenvalue weighted by atomic mass is 9.64. The second-order valence-electron chi connectivity index (χ2n) is 9.88. The zero-order valence-corrected chi connectivity index (χ0v) is 18.6. The summed E-state index contributed by atoms with van der Waals surface area (Å²) in [5.74, 6) is -1.16. The quantitative estimate of drug-likeness (QED) is 0.619. The summed E-state index contributed by atoms with van der Waals surface area (Å²) in [5, 5.41) is 18.0. The number of halogens is 3. The Morgan fingerprint density at radius 2 is 2.12 bits per heavy atom. The number of aryl methyl sites for hydroxylation is 1. The number of carbonyl (C=O) groups is 1. The van der Waals surface area contributed by atoms with Crippen LogP contribution < -0.4 is 4.90 Å². The van der Waals surface area contributed by atoms with E-state index in [1.165, 1.54) is 10.9 Å². The van der Waals surface area contributed by atoms with E-state index in [1.807, 2.05) is 26.1 Å². The van der Waals surface area contributed by atoms with Gasteiger partial charge in [0.25, 0.3) is 0 Å². The molecule has 1 saturated carbocycles. The first kappa shape index (κ1) is 21.4. The smallest absolute Gasteiger partial charge is 0.435 e. The van der Waals surface area contributed by atoms with Gasteiger partial charge in [0, 0.05) is 25.2 Å². The number of rotatable bonds is 4. The van der Waals surface area contributed by atoms with Crippen LogP contribution in [0, 0.1) is 18.8 Å². The molecule has 9 nitrogen and oxygen atoms in total. The molecule has 0 aromatic carbocycles. The highest BCUT2D eigenvalue weighted by atomic mass is 19.4. The number of carboxylic acid groups (broad SMARTS) is 1. The number of ether oxygens (including phenoxy) is 1. The molecular formula is C22H23F3N6O3. The Morgan fingerprint density at radius 1 is 1.32 bits per heavy atom. The Morgan fingerprint density at radius 3 is 2.79 bits per heavy atom. The lowest BCUT2D eigenvalue weighted by Crippen LogP contribution is -2.50. The minimum Gasteiger partial charge on any atom is -0.481 e. The van der Waals surface area contributed by atoms with Crippen LogP contribution in [0.1, 0.15) is 36.8 Å². The molecular weight excluding hydrogens is 453 g/mol. The van der Waals surface area contributed by atoms with Gasteiger partial charge in [-0.25, -0.2) is 9.50 Å². The predicted molar refractivity (Wildman–Crippen MR) is 112 cm³/mol. The number of anilines is 1. The molecule has 6 heterocycles. The summed E-state index contributed by atoms with van der Waals surface area (Å²) in [5.41, 5.74) is -0.116. The average molecular weight is 476 g/mol. The van der Waals surface area contributed by atoms with E-state index in [2.05, 4.69) is 20.1 Å². The summed E-state index contributed by atoms with van der Waals surface area (Å²) in [4.78, 5) is 18.5. The molecule has 4 fully saturated rings. The molecule has 12 heteroatoms. The average Bonchev–Trinajstić information content (AvgIpc) is 3.51. The normalized spacial score (nSPS) is 30.8. The molecule has 3 saturated heterocycles. The van der Waals surface area contributed by atoms with Crippen molar-refractivity contribution >= 4 is 17.3 Å². The third kappa shape index (κ3) is 2.90. The molecule has 1 aliphatic carbocycles. The van der Waals surface area contributed by atoms with E-state index in [1.54, 1.807) is 4.52 Å². The largest absolute Gasteiger partial charge is 0.481 e. The minimum atomic E-state index is -4.48. The van der Waals surface area contributed by atoms with E-state index in [4.69, 9.17) is 4.74 Å². The van der Waals surface area contributed by atoms with Gasteiger partial charge in [-0.2, -0.15) is 18.3 Å².